The zero-order valence-electron chi connectivity index (χ0n) is 87.5. The monoisotopic (exact) mass is 2100 g/mol. The van der Waals surface area contributed by atoms with Crippen molar-refractivity contribution in [2.75, 3.05) is 421 Å². The molecule has 0 amide bonds. The van der Waals surface area contributed by atoms with Gasteiger partial charge in [0, 0.05) is 118 Å². The van der Waals surface area contributed by atoms with E-state index >= 15 is 0 Å². The van der Waals surface area contributed by atoms with E-state index in [0.717, 1.165) is 55.9 Å². The predicted molar refractivity (Wildman–Crippen MR) is 554 cm³/mol. The van der Waals surface area contributed by atoms with Crippen molar-refractivity contribution >= 4 is 34.7 Å². The van der Waals surface area contributed by atoms with Crippen LogP contribution in [0.15, 0.2) is 133 Å². The lowest BCUT2D eigenvalue weighted by molar-refractivity contribution is -0.385. The van der Waals surface area contributed by atoms with E-state index in [1.54, 1.807) is 28.4 Å². The number of hydrogen-bond donors (Lipinski definition) is 0. The summed E-state index contributed by atoms with van der Waals surface area (Å²) in [6, 6.07) is 38.9. The van der Waals surface area contributed by atoms with Gasteiger partial charge < -0.3 is 152 Å². The largest absolute Gasteiger partial charge is 0.462 e. The number of esters is 2. The molecule has 40 heteroatoms. The third-order valence-electron chi connectivity index (χ3n) is 22.3. The van der Waals surface area contributed by atoms with Gasteiger partial charge in [-0.25, -0.2) is 9.59 Å². The fourth-order valence-electron chi connectivity index (χ4n) is 14.6. The summed E-state index contributed by atoms with van der Waals surface area (Å²) in [6.45, 7) is 25.5. The number of hydrogen-bond acceptors (Lipinski definition) is 38. The first kappa shape index (κ1) is 127. The smallest absolute Gasteiger partial charge is 0.338 e. The number of nitro groups is 2. The van der Waals surface area contributed by atoms with Gasteiger partial charge in [0.1, 0.15) is 0 Å². The molecule has 1 aliphatic rings. The van der Waals surface area contributed by atoms with E-state index in [1.165, 1.54) is 48.5 Å². The SMILES string of the molecule is COCCOCCOCCOCCOCCOCCOCCN(CCOCCOCCOCCOCCOCCOCCOC)c1ccc(C#Cc2ccc3c(c2)C(CCCOC(=O)c2ccc([N+](=O)[O-])cc2)(CCCOC(=O)c2ccc([N+](=O)[O-])cc2)c2cc(C#Cc4ccc(N(CCOCCOCCOCCOCCOCCOCCOC)CCOCCOCCOCCOCCOCCOCCOC)cc4)ccc2-3)cc1. The lowest BCUT2D eigenvalue weighted by Crippen LogP contribution is -2.31. The maximum Gasteiger partial charge on any atom is 0.338 e. The standard InChI is InChI=1S/C109H158N4O36/c1-120-43-47-128-59-63-136-75-79-144-87-83-140-71-67-132-55-51-124-39-33-110(34-40-125-52-56-133-68-72-141-84-88-145-80-76-137-64-60-129-48-44-121-2)99-21-11-93(12-22-99)7-9-95-15-29-103-104-30-16-96(92-106(104)109(105(103)91-95,31-5-37-148-107(114)97-17-25-101(26-18-97)112(116)117)32-6-38-149-108(115)98-19-27-102(28-20-98)113(118)119)10-8-94-13-23-100(24-14-94)111(35-41-126-53-57-134-69-73-142-85-89-146-81-77-138-65-61-130-49-45-122-3)36-42-127-54-58-135-70-74-143-86-90-147-82-78-139-66-62-131-50-46-123-4/h11-30,91-92H,5-6,31-90H2,1-4H3. The van der Waals surface area contributed by atoms with Gasteiger partial charge in [-0.2, -0.15) is 0 Å². The van der Waals surface area contributed by atoms with Crippen molar-refractivity contribution in [3.05, 3.63) is 198 Å². The first-order valence-corrected chi connectivity index (χ1v) is 51.1. The Balaban J connectivity index is 1.04. The van der Waals surface area contributed by atoms with Gasteiger partial charge in [0.05, 0.1) is 378 Å². The molecule has 0 saturated carbocycles. The second-order valence-corrected chi connectivity index (χ2v) is 32.9. The number of nitrogens with zero attached hydrogens (tertiary/aromatic N) is 4. The van der Waals surface area contributed by atoms with E-state index in [4.69, 9.17) is 142 Å². The van der Waals surface area contributed by atoms with Crippen LogP contribution in [-0.4, -0.2) is 433 Å². The number of ether oxygens (including phenoxy) is 30. The molecule has 830 valence electrons. The third-order valence-corrected chi connectivity index (χ3v) is 22.3. The van der Waals surface area contributed by atoms with Crippen LogP contribution in [0.3, 0.4) is 0 Å². The number of rotatable bonds is 98. The van der Waals surface area contributed by atoms with Gasteiger partial charge in [-0.05, 0) is 145 Å². The lowest BCUT2D eigenvalue weighted by Gasteiger charge is -2.33. The lowest BCUT2D eigenvalue weighted by atomic mass is 9.71. The van der Waals surface area contributed by atoms with Crippen LogP contribution in [0.2, 0.25) is 0 Å². The molecule has 0 N–H and O–H groups in total. The van der Waals surface area contributed by atoms with E-state index in [1.807, 2.05) is 60.7 Å². The highest BCUT2D eigenvalue weighted by Gasteiger charge is 2.43. The van der Waals surface area contributed by atoms with Crippen molar-refractivity contribution in [1.82, 2.24) is 0 Å². The summed E-state index contributed by atoms with van der Waals surface area (Å²) in [5.41, 5.74) is 7.74. The molecule has 7 rings (SSSR count). The Morgan fingerprint density at radius 2 is 0.430 bits per heavy atom. The van der Waals surface area contributed by atoms with Gasteiger partial charge in [-0.3, -0.25) is 20.2 Å². The van der Waals surface area contributed by atoms with Crippen LogP contribution in [0.25, 0.3) is 11.1 Å². The molecule has 0 radical (unpaired) electrons. The van der Waals surface area contributed by atoms with E-state index < -0.39 is 27.2 Å². The first-order valence-electron chi connectivity index (χ1n) is 51.1. The van der Waals surface area contributed by atoms with Crippen LogP contribution < -0.4 is 9.80 Å². The van der Waals surface area contributed by atoms with Crippen LogP contribution in [0.5, 0.6) is 0 Å². The molecule has 6 aromatic carbocycles. The molecule has 0 aliphatic heterocycles. The van der Waals surface area contributed by atoms with Gasteiger partial charge in [-0.1, -0.05) is 35.8 Å². The summed E-state index contributed by atoms with van der Waals surface area (Å²) in [4.78, 5) is 53.8. The van der Waals surface area contributed by atoms with E-state index in [2.05, 4.69) is 57.7 Å². The average Bonchev–Trinajstić information content (AvgIpc) is 1.56. The van der Waals surface area contributed by atoms with Gasteiger partial charge >= 0.3 is 11.9 Å². The highest BCUT2D eigenvalue weighted by molar-refractivity contribution is 5.90. The molecule has 0 heterocycles. The van der Waals surface area contributed by atoms with Crippen molar-refractivity contribution in [1.29, 1.82) is 0 Å². The van der Waals surface area contributed by atoms with Gasteiger partial charge in [0.2, 0.25) is 0 Å². The Kier molecular flexibility index (Phi) is 73.2. The first-order chi connectivity index (χ1) is 73.5. The number of carbonyl (C=O) groups excluding carboxylic acids is 2. The number of fused-ring (bicyclic) bond motifs is 3. The number of nitro benzene ring substituents is 2. The topological polar surface area (TPSA) is 404 Å². The number of non-ortho nitro benzene ring substituents is 2. The second kappa shape index (κ2) is 86.1. The fourth-order valence-corrected chi connectivity index (χ4v) is 14.6. The Labute approximate surface area is 877 Å². The Morgan fingerprint density at radius 1 is 0.242 bits per heavy atom. The van der Waals surface area contributed by atoms with Crippen molar-refractivity contribution in [2.45, 2.75) is 31.1 Å². The van der Waals surface area contributed by atoms with Gasteiger partial charge in [0.25, 0.3) is 11.4 Å². The summed E-state index contributed by atoms with van der Waals surface area (Å²) in [7, 11) is 6.53. The third kappa shape index (κ3) is 58.4. The summed E-state index contributed by atoms with van der Waals surface area (Å²) in [5.74, 6) is 12.5. The number of methoxy groups -OCH3 is 4. The minimum absolute atomic E-state index is 0.0195. The minimum atomic E-state index is -0.837. The molecule has 0 unspecified atom stereocenters. The van der Waals surface area contributed by atoms with Gasteiger partial charge in [0.15, 0.2) is 0 Å². The summed E-state index contributed by atoms with van der Waals surface area (Å²) in [6.07, 6.45) is 1.54. The predicted octanol–water partition coefficient (Wildman–Crippen LogP) is 10.4. The van der Waals surface area contributed by atoms with Crippen LogP contribution in [-0.2, 0) is 148 Å². The molecular formula is C109H158N4O36. The van der Waals surface area contributed by atoms with Crippen molar-refractivity contribution < 1.29 is 162 Å². The second-order valence-electron chi connectivity index (χ2n) is 32.9. The molecule has 0 atom stereocenters. The maximum atomic E-state index is 13.7. The molecule has 0 spiro atoms. The van der Waals surface area contributed by atoms with Crippen molar-refractivity contribution in [3.63, 3.8) is 0 Å². The van der Waals surface area contributed by atoms with E-state index in [0.29, 0.717) is 395 Å². The van der Waals surface area contributed by atoms with E-state index in [9.17, 15) is 29.8 Å². The zero-order valence-corrected chi connectivity index (χ0v) is 87.5. The maximum absolute atomic E-state index is 13.7. The van der Waals surface area contributed by atoms with Crippen molar-refractivity contribution in [3.8, 4) is 34.8 Å². The molecule has 6 aromatic rings. The summed E-state index contributed by atoms with van der Waals surface area (Å²) in [5, 5.41) is 23.1. The molecule has 1 aliphatic carbocycles. The minimum Gasteiger partial charge on any atom is -0.462 e. The Bertz CT molecular complexity index is 4160. The number of anilines is 2. The number of carbonyl (C=O) groups is 2. The normalized spacial score (nSPS) is 11.9. The molecule has 0 aromatic heterocycles. The molecular weight excluding hydrogens is 1940 g/mol. The summed E-state index contributed by atoms with van der Waals surface area (Å²) < 4.78 is 168. The summed E-state index contributed by atoms with van der Waals surface area (Å²) >= 11 is 0. The number of benzene rings is 6. The molecule has 0 bridgehead atoms. The quantitative estimate of drug-likeness (QED) is 0.0112. The molecule has 0 saturated heterocycles. The average molecular weight is 2100 g/mol. The molecule has 149 heavy (non-hydrogen) atoms. The van der Waals surface area contributed by atoms with Crippen LogP contribution in [0, 0.1) is 43.9 Å². The molecule has 40 nitrogen and oxygen atoms in total. The van der Waals surface area contributed by atoms with Crippen LogP contribution >= 0.6 is 0 Å². The van der Waals surface area contributed by atoms with Crippen LogP contribution in [0.4, 0.5) is 22.7 Å². The zero-order chi connectivity index (χ0) is 105. The van der Waals surface area contributed by atoms with Gasteiger partial charge in [-0.15, -0.1) is 0 Å². The Morgan fingerprint density at radius 3 is 0.631 bits per heavy atom. The van der Waals surface area contributed by atoms with E-state index in [-0.39, 0.29) is 35.7 Å². The van der Waals surface area contributed by atoms with Crippen LogP contribution in [0.1, 0.15) is 79.8 Å². The van der Waals surface area contributed by atoms with Crippen molar-refractivity contribution in [2.24, 2.45) is 0 Å². The molecule has 0 fully saturated rings. The highest BCUT2D eigenvalue weighted by Crippen LogP contribution is 2.54. The highest BCUT2D eigenvalue weighted by atomic mass is 16.6. The Hall–Kier alpha value is -9.34. The fraction of sp³-hybridized carbons (Fsp3) is 0.615.